The van der Waals surface area contributed by atoms with Crippen LogP contribution in [0.2, 0.25) is 0 Å². The van der Waals surface area contributed by atoms with E-state index in [4.69, 9.17) is 4.74 Å². The number of hydrogen-bond acceptors (Lipinski definition) is 3. The second-order valence-electron chi connectivity index (χ2n) is 5.65. The molecule has 1 N–H and O–H groups in total. The summed E-state index contributed by atoms with van der Waals surface area (Å²) in [6.45, 7) is 7.10. The minimum absolute atomic E-state index is 0.180. The van der Waals surface area contributed by atoms with Crippen molar-refractivity contribution in [1.82, 2.24) is 4.90 Å². The van der Waals surface area contributed by atoms with Crippen molar-refractivity contribution in [2.24, 2.45) is 5.41 Å². The Labute approximate surface area is 104 Å². The molecule has 1 aliphatic rings. The van der Waals surface area contributed by atoms with Crippen LogP contribution in [0.5, 0.6) is 0 Å². The van der Waals surface area contributed by atoms with Gasteiger partial charge in [-0.15, -0.1) is 0 Å². The highest BCUT2D eigenvalue weighted by Crippen LogP contribution is 2.50. The van der Waals surface area contributed by atoms with Gasteiger partial charge in [-0.25, -0.2) is 0 Å². The van der Waals surface area contributed by atoms with Gasteiger partial charge in [-0.1, -0.05) is 0 Å². The molecular formula is C13H25NO3. The van der Waals surface area contributed by atoms with Crippen LogP contribution in [0.15, 0.2) is 0 Å². The zero-order chi connectivity index (χ0) is 13.1. The van der Waals surface area contributed by atoms with Gasteiger partial charge >= 0.3 is 0 Å². The largest absolute Gasteiger partial charge is 0.389 e. The molecule has 0 spiro atoms. The van der Waals surface area contributed by atoms with Gasteiger partial charge in [-0.3, -0.25) is 4.79 Å². The lowest BCUT2D eigenvalue weighted by atomic mass is 9.99. The number of nitrogens with zero attached hydrogens (tertiary/aromatic N) is 1. The maximum atomic E-state index is 12.4. The highest BCUT2D eigenvalue weighted by atomic mass is 16.5. The van der Waals surface area contributed by atoms with Gasteiger partial charge < -0.3 is 14.7 Å². The summed E-state index contributed by atoms with van der Waals surface area (Å²) in [4.78, 5) is 14.2. The summed E-state index contributed by atoms with van der Waals surface area (Å²) in [5.41, 5.74) is -1.03. The second-order valence-corrected chi connectivity index (χ2v) is 5.65. The number of aliphatic hydroxyl groups is 1. The predicted molar refractivity (Wildman–Crippen MR) is 66.7 cm³/mol. The zero-order valence-electron chi connectivity index (χ0n) is 11.5. The number of methoxy groups -OCH3 is 1. The highest BCUT2D eigenvalue weighted by Gasteiger charge is 2.51. The molecule has 0 unspecified atom stereocenters. The van der Waals surface area contributed by atoms with E-state index in [1.807, 2.05) is 6.92 Å². The fourth-order valence-electron chi connectivity index (χ4n) is 2.15. The van der Waals surface area contributed by atoms with Crippen molar-refractivity contribution in [2.75, 3.05) is 26.8 Å². The average Bonchev–Trinajstić information content (AvgIpc) is 3.02. The van der Waals surface area contributed by atoms with Crippen molar-refractivity contribution >= 4 is 5.91 Å². The van der Waals surface area contributed by atoms with Crippen molar-refractivity contribution in [3.63, 3.8) is 0 Å². The second kappa shape index (κ2) is 5.36. The topological polar surface area (TPSA) is 49.8 Å². The lowest BCUT2D eigenvalue weighted by molar-refractivity contribution is -0.140. The Kier molecular flexibility index (Phi) is 4.55. The molecule has 1 rings (SSSR count). The Morgan fingerprint density at radius 1 is 1.47 bits per heavy atom. The molecule has 0 saturated heterocycles. The molecule has 1 aliphatic carbocycles. The van der Waals surface area contributed by atoms with Gasteiger partial charge in [0.2, 0.25) is 5.91 Å². The zero-order valence-corrected chi connectivity index (χ0v) is 11.5. The van der Waals surface area contributed by atoms with E-state index in [-0.39, 0.29) is 11.3 Å². The molecule has 1 fully saturated rings. The number of carbonyl (C=O) groups is 1. The van der Waals surface area contributed by atoms with Gasteiger partial charge in [0.1, 0.15) is 0 Å². The lowest BCUT2D eigenvalue weighted by Gasteiger charge is -2.31. The van der Waals surface area contributed by atoms with Gasteiger partial charge in [-0.2, -0.15) is 0 Å². The molecule has 4 nitrogen and oxygen atoms in total. The Hall–Kier alpha value is -0.610. The van der Waals surface area contributed by atoms with Gasteiger partial charge in [0.05, 0.1) is 11.0 Å². The van der Waals surface area contributed by atoms with Crippen LogP contribution in [0.25, 0.3) is 0 Å². The molecule has 0 aromatic heterocycles. The quantitative estimate of drug-likeness (QED) is 0.736. The van der Waals surface area contributed by atoms with E-state index in [1.165, 1.54) is 0 Å². The van der Waals surface area contributed by atoms with Crippen molar-refractivity contribution in [3.8, 4) is 0 Å². The Morgan fingerprint density at radius 3 is 2.41 bits per heavy atom. The molecule has 0 aromatic carbocycles. The van der Waals surface area contributed by atoms with Crippen LogP contribution in [0, 0.1) is 5.41 Å². The maximum absolute atomic E-state index is 12.4. The molecule has 1 saturated carbocycles. The number of likely N-dealkylation sites (N-methyl/N-ethyl adjacent to an activating group) is 1. The van der Waals surface area contributed by atoms with E-state index >= 15 is 0 Å². The van der Waals surface area contributed by atoms with Crippen molar-refractivity contribution < 1.29 is 14.6 Å². The number of ether oxygens (including phenoxy) is 1. The lowest BCUT2D eigenvalue weighted by Crippen LogP contribution is -2.45. The monoisotopic (exact) mass is 243 g/mol. The fraction of sp³-hybridized carbons (Fsp3) is 0.923. The third-order valence-electron chi connectivity index (χ3n) is 3.34. The summed E-state index contributed by atoms with van der Waals surface area (Å²) in [5.74, 6) is 0.180. The number of rotatable bonds is 7. The number of carbonyl (C=O) groups excluding carboxylic acids is 1. The van der Waals surface area contributed by atoms with Crippen LogP contribution in [-0.4, -0.2) is 48.3 Å². The highest BCUT2D eigenvalue weighted by molar-refractivity contribution is 5.85. The summed E-state index contributed by atoms with van der Waals surface area (Å²) in [6.07, 6.45) is 2.71. The van der Waals surface area contributed by atoms with E-state index in [0.29, 0.717) is 19.7 Å². The van der Waals surface area contributed by atoms with Gasteiger partial charge in [0.15, 0.2) is 0 Å². The summed E-state index contributed by atoms with van der Waals surface area (Å²) in [6, 6.07) is 0. The Balaban J connectivity index is 2.60. The molecule has 100 valence electrons. The summed E-state index contributed by atoms with van der Waals surface area (Å²) >= 11 is 0. The third-order valence-corrected chi connectivity index (χ3v) is 3.34. The van der Waals surface area contributed by atoms with Crippen LogP contribution < -0.4 is 0 Å². The minimum Gasteiger partial charge on any atom is -0.389 e. The molecule has 0 aliphatic heterocycles. The van der Waals surface area contributed by atoms with Crippen molar-refractivity contribution in [1.29, 1.82) is 0 Å². The van der Waals surface area contributed by atoms with E-state index in [9.17, 15) is 9.90 Å². The molecule has 0 bridgehead atoms. The van der Waals surface area contributed by atoms with Crippen LogP contribution in [0.3, 0.4) is 0 Å². The van der Waals surface area contributed by atoms with Crippen LogP contribution in [0.4, 0.5) is 0 Å². The van der Waals surface area contributed by atoms with Crippen LogP contribution in [-0.2, 0) is 9.53 Å². The first-order valence-electron chi connectivity index (χ1n) is 6.35. The number of amides is 1. The summed E-state index contributed by atoms with van der Waals surface area (Å²) in [5, 5.41) is 9.81. The fourth-order valence-corrected chi connectivity index (χ4v) is 2.15. The first-order chi connectivity index (χ1) is 7.84. The van der Waals surface area contributed by atoms with Crippen LogP contribution >= 0.6 is 0 Å². The molecule has 0 heterocycles. The number of hydrogen-bond donors (Lipinski definition) is 1. The minimum atomic E-state index is -0.830. The van der Waals surface area contributed by atoms with E-state index < -0.39 is 5.60 Å². The SMILES string of the molecule is CCN(CC(C)(C)O)C(=O)C1(CCOC)CC1. The first kappa shape index (κ1) is 14.5. The standard InChI is InChI=1S/C13H25NO3/c1-5-14(10-12(2,3)16)11(15)13(6-7-13)8-9-17-4/h16H,5-10H2,1-4H3. The third kappa shape index (κ3) is 3.96. The van der Waals surface area contributed by atoms with Crippen molar-refractivity contribution in [3.05, 3.63) is 0 Å². The normalized spacial score (nSPS) is 17.9. The van der Waals surface area contributed by atoms with Crippen LogP contribution in [0.1, 0.15) is 40.0 Å². The summed E-state index contributed by atoms with van der Waals surface area (Å²) < 4.78 is 5.06. The average molecular weight is 243 g/mol. The molecule has 1 amide bonds. The molecule has 17 heavy (non-hydrogen) atoms. The predicted octanol–water partition coefficient (Wildman–Crippen LogP) is 1.42. The smallest absolute Gasteiger partial charge is 0.228 e. The first-order valence-corrected chi connectivity index (χ1v) is 6.35. The van der Waals surface area contributed by atoms with Gasteiger partial charge in [0.25, 0.3) is 0 Å². The molecule has 0 atom stereocenters. The molecule has 0 aromatic rings. The van der Waals surface area contributed by atoms with E-state index in [1.54, 1.807) is 25.9 Å². The maximum Gasteiger partial charge on any atom is 0.228 e. The van der Waals surface area contributed by atoms with Crippen molar-refractivity contribution in [2.45, 2.75) is 45.6 Å². The van der Waals surface area contributed by atoms with E-state index in [2.05, 4.69) is 0 Å². The van der Waals surface area contributed by atoms with E-state index in [0.717, 1.165) is 19.3 Å². The van der Waals surface area contributed by atoms with Gasteiger partial charge in [-0.05, 0) is 40.0 Å². The molecule has 0 radical (unpaired) electrons. The molecular weight excluding hydrogens is 218 g/mol. The molecule has 4 heteroatoms. The summed E-state index contributed by atoms with van der Waals surface area (Å²) in [7, 11) is 1.66. The Bertz CT molecular complexity index is 266. The van der Waals surface area contributed by atoms with Gasteiger partial charge in [0, 0.05) is 26.8 Å². The Morgan fingerprint density at radius 2 is 2.06 bits per heavy atom.